The lowest BCUT2D eigenvalue weighted by molar-refractivity contribution is 0.601. The number of anilines is 1. The molecule has 5 nitrogen and oxygen atoms in total. The number of halogens is 1. The first kappa shape index (κ1) is 16.4. The second-order valence-electron chi connectivity index (χ2n) is 4.37. The first-order valence-electron chi connectivity index (χ1n) is 6.36. The van der Waals surface area contributed by atoms with Gasteiger partial charge in [0.2, 0.25) is 0 Å². The summed E-state index contributed by atoms with van der Waals surface area (Å²) in [4.78, 5) is 1.16. The topological polar surface area (TPSA) is 72.0 Å². The average molecular weight is 428 g/mol. The lowest BCUT2D eigenvalue weighted by Gasteiger charge is -2.09. The van der Waals surface area contributed by atoms with E-state index < -0.39 is 10.0 Å². The fraction of sp³-hybridized carbons (Fsp3) is 0. The summed E-state index contributed by atoms with van der Waals surface area (Å²) in [5.41, 5.74) is 2.17. The Kier molecular flexibility index (Phi) is 5.00. The molecular weight excluding hydrogens is 418 g/mol. The highest BCUT2D eigenvalue weighted by Gasteiger charge is 2.17. The van der Waals surface area contributed by atoms with E-state index >= 15 is 0 Å². The van der Waals surface area contributed by atoms with E-state index in [4.69, 9.17) is 0 Å². The number of sulfonamides is 1. The predicted molar refractivity (Wildman–Crippen MR) is 95.4 cm³/mol. The highest BCUT2D eigenvalue weighted by Crippen LogP contribution is 2.30. The number of hydrogen-bond donors (Lipinski definition) is 1. The lowest BCUT2D eigenvalue weighted by Crippen LogP contribution is -2.13. The van der Waals surface area contributed by atoms with Crippen LogP contribution in [0.15, 0.2) is 72.6 Å². The summed E-state index contributed by atoms with van der Waals surface area (Å²) in [5, 5.41) is 7.74. The van der Waals surface area contributed by atoms with Crippen LogP contribution in [0, 0.1) is 0 Å². The molecule has 0 radical (unpaired) electrons. The van der Waals surface area contributed by atoms with E-state index in [0.717, 1.165) is 9.24 Å². The van der Waals surface area contributed by atoms with Crippen molar-refractivity contribution in [3.05, 3.63) is 58.5 Å². The number of nitrogens with one attached hydrogen (secondary N) is 1. The average Bonchev–Trinajstić information content (AvgIpc) is 3.02. The molecule has 0 aliphatic rings. The zero-order valence-electron chi connectivity index (χ0n) is 11.5. The molecule has 0 amide bonds. The zero-order chi connectivity index (χ0) is 16.3. The van der Waals surface area contributed by atoms with E-state index in [1.165, 1.54) is 23.1 Å². The lowest BCUT2D eigenvalue weighted by atomic mass is 10.3. The largest absolute Gasteiger partial charge is 0.280 e. The van der Waals surface area contributed by atoms with E-state index in [0.29, 0.717) is 10.2 Å². The van der Waals surface area contributed by atoms with Crippen molar-refractivity contribution in [3.8, 4) is 0 Å². The van der Waals surface area contributed by atoms with Crippen molar-refractivity contribution in [2.45, 2.75) is 14.1 Å². The van der Waals surface area contributed by atoms with Gasteiger partial charge in [0, 0.05) is 15.1 Å². The minimum atomic E-state index is -3.63. The van der Waals surface area contributed by atoms with Gasteiger partial charge < -0.3 is 0 Å². The Morgan fingerprint density at radius 1 is 1.09 bits per heavy atom. The van der Waals surface area contributed by atoms with Gasteiger partial charge in [-0.05, 0) is 52.3 Å². The Bertz CT molecular complexity index is 897. The fourth-order valence-corrected chi connectivity index (χ4v) is 5.29. The quantitative estimate of drug-likeness (QED) is 0.658. The van der Waals surface area contributed by atoms with E-state index in [2.05, 4.69) is 30.8 Å². The van der Waals surface area contributed by atoms with Gasteiger partial charge in [-0.15, -0.1) is 10.2 Å². The van der Waals surface area contributed by atoms with E-state index in [1.54, 1.807) is 41.9 Å². The molecule has 2 aromatic carbocycles. The predicted octanol–water partition coefficient (Wildman–Crippen LogP) is 4.25. The first-order valence-corrected chi connectivity index (χ1v) is 10.3. The molecule has 0 atom stereocenters. The molecule has 118 valence electrons. The van der Waals surface area contributed by atoms with Crippen molar-refractivity contribution in [1.29, 1.82) is 0 Å². The number of nitrogens with zero attached hydrogens (tertiary/aromatic N) is 2. The van der Waals surface area contributed by atoms with Crippen LogP contribution in [0.25, 0.3) is 0 Å². The van der Waals surface area contributed by atoms with Crippen LogP contribution < -0.4 is 4.72 Å². The number of aromatic nitrogens is 2. The third-order valence-corrected chi connectivity index (χ3v) is 6.96. The molecule has 1 N–H and O–H groups in total. The summed E-state index contributed by atoms with van der Waals surface area (Å²) in [6.07, 6.45) is 0. The monoisotopic (exact) mass is 427 g/mol. The molecule has 0 aliphatic heterocycles. The molecule has 3 rings (SSSR count). The van der Waals surface area contributed by atoms with Gasteiger partial charge in [-0.2, -0.15) is 0 Å². The molecular formula is C14H10BrN3O2S3. The summed E-state index contributed by atoms with van der Waals surface area (Å²) in [6, 6.07) is 13.8. The van der Waals surface area contributed by atoms with Gasteiger partial charge in [0.05, 0.1) is 0 Å². The number of hydrogen-bond acceptors (Lipinski definition) is 6. The van der Waals surface area contributed by atoms with Gasteiger partial charge in [0.15, 0.2) is 4.34 Å². The molecule has 23 heavy (non-hydrogen) atoms. The molecule has 1 aromatic heterocycles. The molecule has 0 spiro atoms. The van der Waals surface area contributed by atoms with Crippen LogP contribution in [0.4, 0.5) is 5.69 Å². The standard InChI is InChI=1S/C14H10BrN3O2S3/c15-12-3-1-2-4-13(12)23(19,20)18-10-5-7-11(8-6-10)22-14-17-16-9-21-14/h1-9,18H. The van der Waals surface area contributed by atoms with Gasteiger partial charge >= 0.3 is 0 Å². The Morgan fingerprint density at radius 2 is 1.83 bits per heavy atom. The first-order chi connectivity index (χ1) is 11.0. The van der Waals surface area contributed by atoms with E-state index in [-0.39, 0.29) is 4.90 Å². The maximum Gasteiger partial charge on any atom is 0.263 e. The number of benzene rings is 2. The smallest absolute Gasteiger partial charge is 0.263 e. The van der Waals surface area contributed by atoms with Gasteiger partial charge in [0.25, 0.3) is 10.0 Å². The third-order valence-electron chi connectivity index (χ3n) is 2.78. The summed E-state index contributed by atoms with van der Waals surface area (Å²) in [5.74, 6) is 0. The van der Waals surface area contributed by atoms with Gasteiger partial charge in [0.1, 0.15) is 10.4 Å². The molecule has 0 unspecified atom stereocenters. The van der Waals surface area contributed by atoms with Crippen LogP contribution in [-0.4, -0.2) is 18.6 Å². The summed E-state index contributed by atoms with van der Waals surface area (Å²) in [6.45, 7) is 0. The molecule has 0 saturated heterocycles. The summed E-state index contributed by atoms with van der Waals surface area (Å²) in [7, 11) is -3.63. The van der Waals surface area contributed by atoms with Crippen LogP contribution in [0.2, 0.25) is 0 Å². The van der Waals surface area contributed by atoms with Crippen molar-refractivity contribution in [2.24, 2.45) is 0 Å². The van der Waals surface area contributed by atoms with Crippen molar-refractivity contribution >= 4 is 54.7 Å². The maximum atomic E-state index is 12.4. The van der Waals surface area contributed by atoms with Crippen LogP contribution in [0.3, 0.4) is 0 Å². The van der Waals surface area contributed by atoms with Crippen LogP contribution in [0.1, 0.15) is 0 Å². The molecule has 0 bridgehead atoms. The van der Waals surface area contributed by atoms with E-state index in [1.807, 2.05) is 12.1 Å². The highest BCUT2D eigenvalue weighted by molar-refractivity contribution is 9.10. The van der Waals surface area contributed by atoms with Crippen molar-refractivity contribution in [3.63, 3.8) is 0 Å². The number of rotatable bonds is 5. The summed E-state index contributed by atoms with van der Waals surface area (Å²) >= 11 is 6.19. The highest BCUT2D eigenvalue weighted by atomic mass is 79.9. The fourth-order valence-electron chi connectivity index (χ4n) is 1.77. The normalized spacial score (nSPS) is 11.3. The Morgan fingerprint density at radius 3 is 2.48 bits per heavy atom. The van der Waals surface area contributed by atoms with Gasteiger partial charge in [-0.3, -0.25) is 4.72 Å². The summed E-state index contributed by atoms with van der Waals surface area (Å²) < 4.78 is 28.7. The molecule has 0 aliphatic carbocycles. The van der Waals surface area contributed by atoms with Crippen molar-refractivity contribution < 1.29 is 8.42 Å². The van der Waals surface area contributed by atoms with Crippen molar-refractivity contribution in [1.82, 2.24) is 10.2 Å². The van der Waals surface area contributed by atoms with Gasteiger partial charge in [-0.25, -0.2) is 8.42 Å². The zero-order valence-corrected chi connectivity index (χ0v) is 15.5. The Balaban J connectivity index is 1.76. The second kappa shape index (κ2) is 7.00. The molecule has 0 saturated carbocycles. The molecule has 3 aromatic rings. The minimum absolute atomic E-state index is 0.201. The van der Waals surface area contributed by atoms with Crippen molar-refractivity contribution in [2.75, 3.05) is 4.72 Å². The van der Waals surface area contributed by atoms with Crippen LogP contribution in [0.5, 0.6) is 0 Å². The third kappa shape index (κ3) is 4.11. The van der Waals surface area contributed by atoms with E-state index in [9.17, 15) is 8.42 Å². The van der Waals surface area contributed by atoms with Crippen LogP contribution >= 0.6 is 39.0 Å². The Labute approximate surface area is 150 Å². The van der Waals surface area contributed by atoms with Crippen LogP contribution in [-0.2, 0) is 10.0 Å². The molecule has 0 fully saturated rings. The minimum Gasteiger partial charge on any atom is -0.280 e. The second-order valence-corrected chi connectivity index (χ2v) is 9.03. The Hall–Kier alpha value is -1.42. The molecule has 9 heteroatoms. The molecule has 1 heterocycles. The van der Waals surface area contributed by atoms with Gasteiger partial charge in [-0.1, -0.05) is 35.2 Å². The maximum absolute atomic E-state index is 12.4. The SMILES string of the molecule is O=S(=O)(Nc1ccc(Sc2nncs2)cc1)c1ccccc1Br.